The zero-order chi connectivity index (χ0) is 13.7. The molecule has 0 radical (unpaired) electrons. The van der Waals surface area contributed by atoms with Gasteiger partial charge < -0.3 is 14.0 Å². The molecule has 1 aromatic heterocycles. The fourth-order valence-corrected chi connectivity index (χ4v) is 2.17. The molecule has 102 valence electrons. The van der Waals surface area contributed by atoms with Crippen molar-refractivity contribution in [1.29, 1.82) is 0 Å². The zero-order valence-electron chi connectivity index (χ0n) is 11.3. The van der Waals surface area contributed by atoms with Crippen molar-refractivity contribution in [2.45, 2.75) is 26.5 Å². The van der Waals surface area contributed by atoms with Crippen LogP contribution in [0.1, 0.15) is 21.7 Å². The number of nitrogens with zero attached hydrogens (tertiary/aromatic N) is 1. The maximum absolute atomic E-state index is 11.7. The van der Waals surface area contributed by atoms with Crippen LogP contribution in [0.3, 0.4) is 0 Å². The molecule has 1 unspecified atom stereocenters. The molecule has 0 saturated heterocycles. The number of methoxy groups -OCH3 is 2. The van der Waals surface area contributed by atoms with Gasteiger partial charge in [0.25, 0.3) is 0 Å². The lowest BCUT2D eigenvalue weighted by Crippen LogP contribution is -2.25. The van der Waals surface area contributed by atoms with Crippen LogP contribution in [0.5, 0.6) is 0 Å². The Morgan fingerprint density at radius 2 is 2.11 bits per heavy atom. The van der Waals surface area contributed by atoms with E-state index >= 15 is 0 Å². The number of carbonyl (C=O) groups excluding carboxylic acids is 1. The first-order valence-corrected chi connectivity index (χ1v) is 6.36. The molecule has 1 rings (SSSR count). The second kappa shape index (κ2) is 6.92. The van der Waals surface area contributed by atoms with Gasteiger partial charge in [-0.3, -0.25) is 4.79 Å². The first-order valence-electron chi connectivity index (χ1n) is 5.82. The number of aryl methyl sites for hydroxylation is 1. The summed E-state index contributed by atoms with van der Waals surface area (Å²) < 4.78 is 12.5. The lowest BCUT2D eigenvalue weighted by molar-refractivity contribution is 0.0178. The second-order valence-corrected chi connectivity index (χ2v) is 4.53. The number of alkyl halides is 1. The van der Waals surface area contributed by atoms with Crippen molar-refractivity contribution in [3.05, 3.63) is 23.0 Å². The standard InChI is InChI=1S/C13H20ClNO3/c1-9-5-12(13(16)6-14)10(2)15(9)7-11(18-4)8-17-3/h5,11H,6-8H2,1-4H3. The molecule has 0 bridgehead atoms. The first kappa shape index (κ1) is 15.2. The fraction of sp³-hybridized carbons (Fsp3) is 0.615. The van der Waals surface area contributed by atoms with Crippen molar-refractivity contribution in [3.63, 3.8) is 0 Å². The summed E-state index contributed by atoms with van der Waals surface area (Å²) in [5, 5.41) is 0. The summed E-state index contributed by atoms with van der Waals surface area (Å²) in [5.74, 6) is -0.0347. The molecule has 0 amide bonds. The monoisotopic (exact) mass is 273 g/mol. The van der Waals surface area contributed by atoms with Gasteiger partial charge in [-0.05, 0) is 19.9 Å². The third kappa shape index (κ3) is 3.34. The van der Waals surface area contributed by atoms with E-state index in [-0.39, 0.29) is 17.8 Å². The maximum Gasteiger partial charge on any atom is 0.179 e. The number of hydrogen-bond acceptors (Lipinski definition) is 3. The first-order chi connectivity index (χ1) is 8.54. The number of Topliss-reactive ketones (excluding diaryl/α,β-unsaturated/α-hetero) is 1. The number of rotatable bonds is 7. The third-order valence-electron chi connectivity index (χ3n) is 3.07. The Morgan fingerprint density at radius 1 is 1.44 bits per heavy atom. The Balaban J connectivity index is 2.95. The molecule has 18 heavy (non-hydrogen) atoms. The van der Waals surface area contributed by atoms with E-state index in [9.17, 15) is 4.79 Å². The fourth-order valence-electron chi connectivity index (χ4n) is 2.02. The SMILES string of the molecule is COCC(Cn1c(C)cc(C(=O)CCl)c1C)OC. The molecule has 1 heterocycles. The van der Waals surface area contributed by atoms with E-state index in [1.54, 1.807) is 14.2 Å². The Kier molecular flexibility index (Phi) is 5.85. The van der Waals surface area contributed by atoms with Crippen molar-refractivity contribution in [2.24, 2.45) is 0 Å². The third-order valence-corrected chi connectivity index (χ3v) is 3.31. The van der Waals surface area contributed by atoms with Crippen LogP contribution in [0, 0.1) is 13.8 Å². The topological polar surface area (TPSA) is 40.5 Å². The zero-order valence-corrected chi connectivity index (χ0v) is 12.1. The van der Waals surface area contributed by atoms with E-state index in [1.807, 2.05) is 19.9 Å². The van der Waals surface area contributed by atoms with E-state index in [0.29, 0.717) is 18.7 Å². The Hall–Kier alpha value is -0.840. The largest absolute Gasteiger partial charge is 0.382 e. The number of carbonyl (C=O) groups is 1. The van der Waals surface area contributed by atoms with Gasteiger partial charge in [-0.15, -0.1) is 11.6 Å². The summed E-state index contributed by atoms with van der Waals surface area (Å²) >= 11 is 5.60. The summed E-state index contributed by atoms with van der Waals surface area (Å²) in [7, 11) is 3.30. The van der Waals surface area contributed by atoms with E-state index in [2.05, 4.69) is 4.57 Å². The lowest BCUT2D eigenvalue weighted by Gasteiger charge is -2.18. The van der Waals surface area contributed by atoms with Gasteiger partial charge in [0.2, 0.25) is 0 Å². The van der Waals surface area contributed by atoms with Gasteiger partial charge in [0.1, 0.15) is 0 Å². The number of halogens is 1. The predicted octanol–water partition coefficient (Wildman–Crippen LogP) is 2.19. The molecular weight excluding hydrogens is 254 g/mol. The van der Waals surface area contributed by atoms with Gasteiger partial charge in [-0.1, -0.05) is 0 Å². The Bertz CT molecular complexity index is 415. The molecule has 0 spiro atoms. The second-order valence-electron chi connectivity index (χ2n) is 4.27. The highest BCUT2D eigenvalue weighted by molar-refractivity contribution is 6.30. The molecule has 0 aromatic carbocycles. The van der Waals surface area contributed by atoms with Crippen LogP contribution >= 0.6 is 11.6 Å². The van der Waals surface area contributed by atoms with E-state index < -0.39 is 0 Å². The summed E-state index contributed by atoms with van der Waals surface area (Å²) in [6.45, 7) is 5.08. The van der Waals surface area contributed by atoms with Crippen LogP contribution in [0.15, 0.2) is 6.07 Å². The highest BCUT2D eigenvalue weighted by atomic mass is 35.5. The average molecular weight is 274 g/mol. The van der Waals surface area contributed by atoms with Gasteiger partial charge in [0.05, 0.1) is 25.1 Å². The summed E-state index contributed by atoms with van der Waals surface area (Å²) in [6.07, 6.45) is -0.0289. The van der Waals surface area contributed by atoms with Crippen LogP contribution in [-0.4, -0.2) is 43.2 Å². The van der Waals surface area contributed by atoms with Crippen molar-refractivity contribution in [2.75, 3.05) is 26.7 Å². The molecule has 1 aromatic rings. The minimum Gasteiger partial charge on any atom is -0.382 e. The number of aromatic nitrogens is 1. The van der Waals surface area contributed by atoms with Crippen molar-refractivity contribution < 1.29 is 14.3 Å². The van der Waals surface area contributed by atoms with Crippen LogP contribution < -0.4 is 0 Å². The lowest BCUT2D eigenvalue weighted by atomic mass is 10.2. The predicted molar refractivity (Wildman–Crippen MR) is 71.6 cm³/mol. The Morgan fingerprint density at radius 3 is 2.61 bits per heavy atom. The van der Waals surface area contributed by atoms with Gasteiger partial charge in [-0.25, -0.2) is 0 Å². The van der Waals surface area contributed by atoms with Crippen LogP contribution in [0.4, 0.5) is 0 Å². The molecule has 0 aliphatic carbocycles. The molecule has 0 N–H and O–H groups in total. The van der Waals surface area contributed by atoms with Gasteiger partial charge >= 0.3 is 0 Å². The van der Waals surface area contributed by atoms with Crippen LogP contribution in [-0.2, 0) is 16.0 Å². The number of ketones is 1. The van der Waals surface area contributed by atoms with Crippen molar-refractivity contribution in [3.8, 4) is 0 Å². The minimum atomic E-state index is -0.0447. The molecule has 0 fully saturated rings. The average Bonchev–Trinajstić information content (AvgIpc) is 2.64. The van der Waals surface area contributed by atoms with E-state index in [4.69, 9.17) is 21.1 Å². The van der Waals surface area contributed by atoms with E-state index in [1.165, 1.54) is 0 Å². The number of hydrogen-bond donors (Lipinski definition) is 0. The molecule has 1 atom stereocenters. The maximum atomic E-state index is 11.7. The molecule has 0 aliphatic rings. The Labute approximate surface area is 113 Å². The molecular formula is C13H20ClNO3. The van der Waals surface area contributed by atoms with Crippen LogP contribution in [0.2, 0.25) is 0 Å². The van der Waals surface area contributed by atoms with Crippen LogP contribution in [0.25, 0.3) is 0 Å². The normalized spacial score (nSPS) is 12.7. The van der Waals surface area contributed by atoms with E-state index in [0.717, 1.165) is 11.4 Å². The van der Waals surface area contributed by atoms with Crippen molar-refractivity contribution in [1.82, 2.24) is 4.57 Å². The summed E-state index contributed by atoms with van der Waals surface area (Å²) in [6, 6.07) is 1.87. The molecule has 4 nitrogen and oxygen atoms in total. The van der Waals surface area contributed by atoms with Gasteiger partial charge in [-0.2, -0.15) is 0 Å². The van der Waals surface area contributed by atoms with Gasteiger partial charge in [0, 0.05) is 31.2 Å². The molecule has 0 saturated carbocycles. The highest BCUT2D eigenvalue weighted by Gasteiger charge is 2.17. The molecule has 0 aliphatic heterocycles. The number of ether oxygens (including phenoxy) is 2. The summed E-state index contributed by atoms with van der Waals surface area (Å²) in [5.41, 5.74) is 2.64. The molecule has 5 heteroatoms. The van der Waals surface area contributed by atoms with Gasteiger partial charge in [0.15, 0.2) is 5.78 Å². The highest BCUT2D eigenvalue weighted by Crippen LogP contribution is 2.17. The minimum absolute atomic E-state index is 0.00999. The van der Waals surface area contributed by atoms with Crippen molar-refractivity contribution >= 4 is 17.4 Å². The summed E-state index contributed by atoms with van der Waals surface area (Å²) in [4.78, 5) is 11.7. The smallest absolute Gasteiger partial charge is 0.179 e. The quantitative estimate of drug-likeness (QED) is 0.565.